The molecular weight excluding hydrogens is 472 g/mol. The van der Waals surface area contributed by atoms with Gasteiger partial charge in [-0.2, -0.15) is 0 Å². The SMILES string of the molecule is [2H]c1c([2H])c([2H])c(-c2c3c([2H])c([2H])c([2H])c([2H])c3c(-c3c([2H])c([2H])c([2H])c([2H])c3[2H])c3c([2H])c(-c4c([2H])c([2H])c([2H])c5oc6c([2H])c([2H])c([2H])c([2H])c6c45)c([2H])c([2H])c23)c([2H])c1[2H]. The van der Waals surface area contributed by atoms with Crippen LogP contribution < -0.4 is 0 Å². The van der Waals surface area contributed by atoms with Gasteiger partial charge in [0.1, 0.15) is 11.2 Å². The lowest BCUT2D eigenvalue weighted by atomic mass is 9.84. The highest BCUT2D eigenvalue weighted by Gasteiger charge is 2.18. The van der Waals surface area contributed by atoms with Crippen molar-refractivity contribution in [1.29, 1.82) is 0 Å². The summed E-state index contributed by atoms with van der Waals surface area (Å²) in [6.07, 6.45) is 0. The lowest BCUT2D eigenvalue weighted by molar-refractivity contribution is 0.669. The lowest BCUT2D eigenvalue weighted by Crippen LogP contribution is -1.91. The molecule has 7 aromatic carbocycles. The van der Waals surface area contributed by atoms with Gasteiger partial charge in [-0.25, -0.2) is 0 Å². The van der Waals surface area contributed by atoms with E-state index < -0.39 is 222 Å². The molecular formula is C38H24O. The zero-order chi connectivity index (χ0) is 46.6. The van der Waals surface area contributed by atoms with E-state index in [0.717, 1.165) is 0 Å². The predicted octanol–water partition coefficient (Wildman–Crippen LogP) is 10.9. The van der Waals surface area contributed by atoms with Gasteiger partial charge in [-0.15, -0.1) is 0 Å². The summed E-state index contributed by atoms with van der Waals surface area (Å²) < 4.78 is 218. The van der Waals surface area contributed by atoms with Crippen molar-refractivity contribution in [2.24, 2.45) is 0 Å². The number of rotatable bonds is 3. The minimum absolute atomic E-state index is 0.447. The van der Waals surface area contributed by atoms with Crippen molar-refractivity contribution >= 4 is 43.5 Å². The fraction of sp³-hybridized carbons (Fsp3) is 0. The van der Waals surface area contributed by atoms with Gasteiger partial charge in [0.25, 0.3) is 0 Å². The van der Waals surface area contributed by atoms with E-state index >= 15 is 0 Å². The zero-order valence-corrected chi connectivity index (χ0v) is 19.4. The quantitative estimate of drug-likeness (QED) is 0.211. The number of hydrogen-bond donors (Lipinski definition) is 0. The Morgan fingerprint density at radius 1 is 0.385 bits per heavy atom. The van der Waals surface area contributed by atoms with Crippen molar-refractivity contribution in [3.05, 3.63) is 145 Å². The van der Waals surface area contributed by atoms with E-state index in [4.69, 9.17) is 30.5 Å². The summed E-state index contributed by atoms with van der Waals surface area (Å²) in [5.74, 6) is 0. The topological polar surface area (TPSA) is 13.1 Å². The summed E-state index contributed by atoms with van der Waals surface area (Å²) in [4.78, 5) is 0. The Labute approximate surface area is 260 Å². The van der Waals surface area contributed by atoms with Gasteiger partial charge in [0, 0.05) is 10.8 Å². The van der Waals surface area contributed by atoms with E-state index in [9.17, 15) is 6.85 Å². The normalized spacial score (nSPS) is 20.2. The van der Waals surface area contributed by atoms with Crippen molar-refractivity contribution in [1.82, 2.24) is 0 Å². The molecule has 1 heterocycles. The summed E-state index contributed by atoms with van der Waals surface area (Å²) in [6, 6.07) is -21.8. The highest BCUT2D eigenvalue weighted by Crippen LogP contribution is 2.45. The molecule has 1 heteroatoms. The smallest absolute Gasteiger partial charge is 0.136 e. The van der Waals surface area contributed by atoms with E-state index in [1.165, 1.54) is 0 Å². The minimum Gasteiger partial charge on any atom is -0.456 e. The molecule has 8 aromatic rings. The van der Waals surface area contributed by atoms with Gasteiger partial charge in [-0.1, -0.05) is 127 Å². The molecule has 0 saturated heterocycles. The molecule has 39 heavy (non-hydrogen) atoms. The van der Waals surface area contributed by atoms with Crippen LogP contribution in [0.3, 0.4) is 0 Å². The van der Waals surface area contributed by atoms with Crippen LogP contribution in [0.2, 0.25) is 0 Å². The van der Waals surface area contributed by atoms with E-state index in [1.54, 1.807) is 0 Å². The number of para-hydroxylation sites is 1. The molecule has 0 atom stereocenters. The average Bonchev–Trinajstić information content (AvgIpc) is 3.66. The second-order valence-electron chi connectivity index (χ2n) is 8.26. The van der Waals surface area contributed by atoms with Crippen LogP contribution in [0.15, 0.2) is 149 Å². The van der Waals surface area contributed by atoms with Crippen LogP contribution in [-0.2, 0) is 0 Å². The van der Waals surface area contributed by atoms with Crippen LogP contribution in [0.25, 0.3) is 76.9 Å². The Bertz CT molecular complexity index is 3440. The van der Waals surface area contributed by atoms with Crippen LogP contribution >= 0.6 is 0 Å². The Morgan fingerprint density at radius 2 is 0.923 bits per heavy atom. The Morgan fingerprint density at radius 3 is 1.62 bits per heavy atom. The molecule has 1 aromatic heterocycles. The molecule has 0 saturated carbocycles. The summed E-state index contributed by atoms with van der Waals surface area (Å²) in [7, 11) is 0. The fourth-order valence-corrected chi connectivity index (χ4v) is 4.64. The van der Waals surface area contributed by atoms with Gasteiger partial charge in [0.2, 0.25) is 0 Å². The second kappa shape index (κ2) is 8.72. The van der Waals surface area contributed by atoms with Gasteiger partial charge in [0.15, 0.2) is 0 Å². The standard InChI is InChI=1S/C38H24O/c1-3-12-25(13-4-1)36-29-16-7-8-17-30(29)37(26-14-5-2-6-15-26)33-24-27(22-23-31(33)36)28-19-11-21-35-38(28)32-18-9-10-20-34(32)39-35/h1-24H/i1D,2D,3D,4D,5D,6D,7D,8D,9D,10D,11D,12D,13D,14D,15D,16D,17D,18D,19D,20D,21D,22D,23D,24D. The molecule has 8 rings (SSSR count). The first-order chi connectivity index (χ1) is 29.3. The fourth-order valence-electron chi connectivity index (χ4n) is 4.64. The van der Waals surface area contributed by atoms with Crippen LogP contribution in [-0.4, -0.2) is 0 Å². The van der Waals surface area contributed by atoms with Crippen molar-refractivity contribution in [3.63, 3.8) is 0 Å². The monoisotopic (exact) mass is 520 g/mol. The molecule has 1 nitrogen and oxygen atoms in total. The first kappa shape index (κ1) is 8.69. The summed E-state index contributed by atoms with van der Waals surface area (Å²) in [6.45, 7) is 0. The number of fused-ring (bicyclic) bond motifs is 5. The first-order valence-electron chi connectivity index (χ1n) is 23.4. The van der Waals surface area contributed by atoms with Crippen LogP contribution in [0.1, 0.15) is 32.9 Å². The number of furan rings is 1. The first-order valence-corrected chi connectivity index (χ1v) is 11.4. The molecule has 0 aliphatic rings. The Balaban J connectivity index is 1.81. The minimum atomic E-state index is -1.02. The van der Waals surface area contributed by atoms with Crippen LogP contribution in [0.5, 0.6) is 0 Å². The van der Waals surface area contributed by atoms with Gasteiger partial charge in [-0.05, 0) is 73.1 Å². The summed E-state index contributed by atoms with van der Waals surface area (Å²) in [5, 5.41) is -3.77. The van der Waals surface area contributed by atoms with Crippen molar-refractivity contribution in [3.8, 4) is 33.4 Å². The molecule has 182 valence electrons. The van der Waals surface area contributed by atoms with E-state index in [2.05, 4.69) is 0 Å². The highest BCUT2D eigenvalue weighted by molar-refractivity contribution is 6.22. The zero-order valence-electron chi connectivity index (χ0n) is 43.4. The number of hydrogen-bond acceptors (Lipinski definition) is 1. The van der Waals surface area contributed by atoms with Gasteiger partial charge < -0.3 is 4.42 Å². The van der Waals surface area contributed by atoms with E-state index in [-0.39, 0.29) is 0 Å². The maximum absolute atomic E-state index is 9.99. The largest absolute Gasteiger partial charge is 0.456 e. The average molecular weight is 521 g/mol. The summed E-state index contributed by atoms with van der Waals surface area (Å²) >= 11 is 0. The molecule has 0 radical (unpaired) electrons. The lowest BCUT2D eigenvalue weighted by Gasteiger charge is -2.19. The second-order valence-corrected chi connectivity index (χ2v) is 8.26. The van der Waals surface area contributed by atoms with Crippen LogP contribution in [0, 0.1) is 0 Å². The van der Waals surface area contributed by atoms with Gasteiger partial charge in [0.05, 0.1) is 32.9 Å². The third-order valence-corrected chi connectivity index (χ3v) is 6.20. The molecule has 0 aliphatic heterocycles. The molecule has 0 N–H and O–H groups in total. The molecule has 0 amide bonds. The van der Waals surface area contributed by atoms with Crippen LogP contribution in [0.4, 0.5) is 0 Å². The van der Waals surface area contributed by atoms with Crippen molar-refractivity contribution in [2.45, 2.75) is 0 Å². The third kappa shape index (κ3) is 3.41. The molecule has 0 spiro atoms. The molecule has 0 aliphatic carbocycles. The van der Waals surface area contributed by atoms with Gasteiger partial charge >= 0.3 is 0 Å². The van der Waals surface area contributed by atoms with Gasteiger partial charge in [-0.3, -0.25) is 0 Å². The predicted molar refractivity (Wildman–Crippen MR) is 165 cm³/mol. The number of benzene rings is 7. The third-order valence-electron chi connectivity index (χ3n) is 6.20. The summed E-state index contributed by atoms with van der Waals surface area (Å²) in [5.41, 5.74) is -5.53. The van der Waals surface area contributed by atoms with Crippen molar-refractivity contribution in [2.75, 3.05) is 0 Å². The maximum atomic E-state index is 9.99. The maximum Gasteiger partial charge on any atom is 0.136 e. The van der Waals surface area contributed by atoms with Crippen molar-refractivity contribution < 1.29 is 37.3 Å². The Kier molecular flexibility index (Phi) is 1.94. The van der Waals surface area contributed by atoms with E-state index in [1.807, 2.05) is 0 Å². The molecule has 0 unspecified atom stereocenters. The highest BCUT2D eigenvalue weighted by atomic mass is 16.3. The molecule has 0 bridgehead atoms. The van der Waals surface area contributed by atoms with E-state index in [0.29, 0.717) is 0 Å². The molecule has 0 fully saturated rings. The Hall–Kier alpha value is -5.14.